The van der Waals surface area contributed by atoms with Crippen LogP contribution < -0.4 is 10.1 Å². The van der Waals surface area contributed by atoms with Crippen molar-refractivity contribution in [2.75, 3.05) is 13.7 Å². The molecule has 0 aliphatic rings. The van der Waals surface area contributed by atoms with Crippen molar-refractivity contribution in [2.45, 2.75) is 13.0 Å². The van der Waals surface area contributed by atoms with Gasteiger partial charge >= 0.3 is 5.69 Å². The van der Waals surface area contributed by atoms with Crippen LogP contribution >= 0.6 is 0 Å². The molecule has 1 aromatic rings. The van der Waals surface area contributed by atoms with E-state index in [9.17, 15) is 15.2 Å². The molecule has 1 atom stereocenters. The van der Waals surface area contributed by atoms with E-state index in [1.54, 1.807) is 0 Å². The summed E-state index contributed by atoms with van der Waals surface area (Å²) < 4.78 is 4.86. The first-order valence-corrected chi connectivity index (χ1v) is 5.23. The Balaban J connectivity index is 3.34. The van der Waals surface area contributed by atoms with E-state index in [1.807, 2.05) is 13.0 Å². The summed E-state index contributed by atoms with van der Waals surface area (Å²) in [6.45, 7) is 2.35. The number of nitro groups is 1. The van der Waals surface area contributed by atoms with Crippen LogP contribution in [0.15, 0.2) is 12.1 Å². The molecule has 1 rings (SSSR count). The minimum Gasteiger partial charge on any atom is -0.500 e. The largest absolute Gasteiger partial charge is 0.500 e. The number of hydrogen-bond donors (Lipinski definition) is 2. The van der Waals surface area contributed by atoms with Gasteiger partial charge in [-0.25, -0.2) is 0 Å². The Labute approximate surface area is 104 Å². The van der Waals surface area contributed by atoms with Gasteiger partial charge in [0.25, 0.3) is 0 Å². The lowest BCUT2D eigenvalue weighted by molar-refractivity contribution is -0.386. The number of phenols is 1. The number of hydrogen-bond acceptors (Lipinski definition) is 6. The molecular weight excluding hydrogens is 238 g/mol. The van der Waals surface area contributed by atoms with Gasteiger partial charge < -0.3 is 9.84 Å². The zero-order chi connectivity index (χ0) is 13.7. The quantitative estimate of drug-likeness (QED) is 0.606. The Hall–Kier alpha value is -2.33. The number of nitrogens with one attached hydrogen (secondary N) is 1. The summed E-state index contributed by atoms with van der Waals surface area (Å²) in [5.74, 6) is -0.572. The minimum atomic E-state index is -0.721. The smallest absolute Gasteiger partial charge is 0.315 e. The van der Waals surface area contributed by atoms with Crippen LogP contribution in [-0.2, 0) is 0 Å². The molecule has 0 heterocycles. The summed E-state index contributed by atoms with van der Waals surface area (Å²) in [6, 6.07) is 3.86. The van der Waals surface area contributed by atoms with Crippen molar-refractivity contribution in [3.63, 3.8) is 0 Å². The van der Waals surface area contributed by atoms with Gasteiger partial charge in [0, 0.05) is 6.07 Å². The Morgan fingerprint density at radius 1 is 1.67 bits per heavy atom. The fourth-order valence-corrected chi connectivity index (χ4v) is 1.52. The molecule has 7 heteroatoms. The van der Waals surface area contributed by atoms with E-state index in [1.165, 1.54) is 13.2 Å². The Morgan fingerprint density at radius 2 is 2.33 bits per heavy atom. The highest BCUT2D eigenvalue weighted by molar-refractivity contribution is 5.58. The zero-order valence-corrected chi connectivity index (χ0v) is 10.0. The van der Waals surface area contributed by atoms with Crippen molar-refractivity contribution in [3.05, 3.63) is 27.8 Å². The molecule has 0 aliphatic carbocycles. The van der Waals surface area contributed by atoms with Crippen LogP contribution in [0.4, 0.5) is 5.69 Å². The molecule has 1 aromatic carbocycles. The van der Waals surface area contributed by atoms with Gasteiger partial charge in [-0.15, -0.1) is 0 Å². The highest BCUT2D eigenvalue weighted by Gasteiger charge is 2.22. The molecule has 0 aromatic heterocycles. The summed E-state index contributed by atoms with van der Waals surface area (Å²) >= 11 is 0. The number of ether oxygens (including phenoxy) is 1. The molecule has 96 valence electrons. The van der Waals surface area contributed by atoms with E-state index in [0.717, 1.165) is 6.07 Å². The third-order valence-electron chi connectivity index (χ3n) is 2.36. The van der Waals surface area contributed by atoms with Crippen molar-refractivity contribution in [1.29, 1.82) is 5.26 Å². The zero-order valence-electron chi connectivity index (χ0n) is 10.0. The Kier molecular flexibility index (Phi) is 4.45. The summed E-state index contributed by atoms with van der Waals surface area (Å²) in [5.41, 5.74) is -0.108. The first kappa shape index (κ1) is 13.7. The van der Waals surface area contributed by atoms with E-state index in [-0.39, 0.29) is 5.75 Å². The average Bonchev–Trinajstić information content (AvgIpc) is 2.36. The molecule has 0 radical (unpaired) electrons. The minimum absolute atomic E-state index is 0.0302. The lowest BCUT2D eigenvalue weighted by atomic mass is 10.1. The van der Waals surface area contributed by atoms with Crippen LogP contribution in [-0.4, -0.2) is 23.7 Å². The van der Waals surface area contributed by atoms with Crippen molar-refractivity contribution >= 4 is 5.69 Å². The number of phenolic OH excluding ortho intramolecular Hbond substituents is 1. The number of benzene rings is 1. The molecule has 0 saturated carbocycles. The van der Waals surface area contributed by atoms with Crippen LogP contribution in [0.25, 0.3) is 0 Å². The lowest BCUT2D eigenvalue weighted by Gasteiger charge is -2.12. The van der Waals surface area contributed by atoms with Gasteiger partial charge in [-0.2, -0.15) is 5.26 Å². The van der Waals surface area contributed by atoms with Crippen molar-refractivity contribution in [3.8, 4) is 17.6 Å². The third-order valence-corrected chi connectivity index (χ3v) is 2.36. The summed E-state index contributed by atoms with van der Waals surface area (Å²) in [7, 11) is 1.29. The fourth-order valence-electron chi connectivity index (χ4n) is 1.52. The van der Waals surface area contributed by atoms with Gasteiger partial charge in [-0.05, 0) is 18.2 Å². The molecule has 0 amide bonds. The van der Waals surface area contributed by atoms with E-state index in [0.29, 0.717) is 12.1 Å². The summed E-state index contributed by atoms with van der Waals surface area (Å²) in [6.07, 6.45) is 0. The monoisotopic (exact) mass is 251 g/mol. The van der Waals surface area contributed by atoms with E-state index < -0.39 is 22.4 Å². The Morgan fingerprint density at radius 3 is 2.78 bits per heavy atom. The highest BCUT2D eigenvalue weighted by Crippen LogP contribution is 2.38. The predicted octanol–water partition coefficient (Wildman–Crippen LogP) is 1.48. The number of nitrogens with zero attached hydrogens (tertiary/aromatic N) is 2. The van der Waals surface area contributed by atoms with Gasteiger partial charge in [-0.1, -0.05) is 6.92 Å². The number of nitro benzene ring substituents is 1. The van der Waals surface area contributed by atoms with Gasteiger partial charge in [0.05, 0.1) is 18.1 Å². The molecule has 7 nitrogen and oxygen atoms in total. The van der Waals surface area contributed by atoms with Crippen molar-refractivity contribution in [2.24, 2.45) is 0 Å². The molecule has 0 bridgehead atoms. The standard InChI is InChI=1S/C11H13N3O4/c1-3-13-8(6-12)7-4-9(14(16)17)11(15)10(5-7)18-2/h4-5,8,13,15H,3H2,1-2H3. The second-order valence-electron chi connectivity index (χ2n) is 3.47. The first-order valence-electron chi connectivity index (χ1n) is 5.23. The number of methoxy groups -OCH3 is 1. The first-order chi connectivity index (χ1) is 8.54. The highest BCUT2D eigenvalue weighted by atomic mass is 16.6. The number of rotatable bonds is 5. The Bertz CT molecular complexity index is 496. The molecule has 0 spiro atoms. The van der Waals surface area contributed by atoms with Crippen molar-refractivity contribution in [1.82, 2.24) is 5.32 Å². The molecule has 0 fully saturated rings. The predicted molar refractivity (Wildman–Crippen MR) is 63.3 cm³/mol. The second-order valence-corrected chi connectivity index (χ2v) is 3.47. The van der Waals surface area contributed by atoms with E-state index in [2.05, 4.69) is 5.32 Å². The second kappa shape index (κ2) is 5.84. The topological polar surface area (TPSA) is 108 Å². The SMILES string of the molecule is CCNC(C#N)c1cc(OC)c(O)c([N+](=O)[O-])c1. The van der Waals surface area contributed by atoms with Gasteiger partial charge in [0.1, 0.15) is 6.04 Å². The molecule has 0 saturated heterocycles. The van der Waals surface area contributed by atoms with E-state index >= 15 is 0 Å². The average molecular weight is 251 g/mol. The normalized spacial score (nSPS) is 11.6. The maximum atomic E-state index is 10.8. The number of aromatic hydroxyl groups is 1. The third kappa shape index (κ3) is 2.67. The lowest BCUT2D eigenvalue weighted by Crippen LogP contribution is -2.19. The van der Waals surface area contributed by atoms with Crippen LogP contribution in [0.5, 0.6) is 11.5 Å². The van der Waals surface area contributed by atoms with Crippen molar-refractivity contribution < 1.29 is 14.8 Å². The summed E-state index contributed by atoms with van der Waals surface area (Å²) in [5, 5.41) is 32.2. The maximum Gasteiger partial charge on any atom is 0.315 e. The van der Waals surface area contributed by atoms with Crippen LogP contribution in [0.2, 0.25) is 0 Å². The molecular formula is C11H13N3O4. The maximum absolute atomic E-state index is 10.8. The van der Waals surface area contributed by atoms with Gasteiger partial charge in [0.15, 0.2) is 5.75 Å². The molecule has 0 aliphatic heterocycles. The van der Waals surface area contributed by atoms with Gasteiger partial charge in [-0.3, -0.25) is 15.4 Å². The summed E-state index contributed by atoms with van der Waals surface area (Å²) in [4.78, 5) is 10.1. The fraction of sp³-hybridized carbons (Fsp3) is 0.364. The molecule has 2 N–H and O–H groups in total. The molecule has 1 unspecified atom stereocenters. The van der Waals surface area contributed by atoms with Crippen LogP contribution in [0.3, 0.4) is 0 Å². The number of nitriles is 1. The van der Waals surface area contributed by atoms with Gasteiger partial charge in [0.2, 0.25) is 5.75 Å². The molecule has 18 heavy (non-hydrogen) atoms. The van der Waals surface area contributed by atoms with E-state index in [4.69, 9.17) is 10.00 Å². The van der Waals surface area contributed by atoms with Crippen LogP contribution in [0, 0.1) is 21.4 Å². The van der Waals surface area contributed by atoms with Crippen LogP contribution in [0.1, 0.15) is 18.5 Å².